The summed E-state index contributed by atoms with van der Waals surface area (Å²) in [7, 11) is 0. The first-order valence-corrected chi connectivity index (χ1v) is 6.84. The van der Waals surface area contributed by atoms with E-state index in [9.17, 15) is 10.2 Å². The van der Waals surface area contributed by atoms with Gasteiger partial charge in [0.15, 0.2) is 11.4 Å². The molecule has 7 heteroatoms. The minimum absolute atomic E-state index is 0. The summed E-state index contributed by atoms with van der Waals surface area (Å²) < 4.78 is 0. The molecule has 0 aliphatic heterocycles. The molecule has 0 atom stereocenters. The van der Waals surface area contributed by atoms with Gasteiger partial charge in [-0.3, -0.25) is 0 Å². The summed E-state index contributed by atoms with van der Waals surface area (Å²) in [5.41, 5.74) is 0.416. The molecule has 0 spiro atoms. The van der Waals surface area contributed by atoms with Gasteiger partial charge in [-0.05, 0) is 24.3 Å². The molecule has 0 fully saturated rings. The fourth-order valence-electron chi connectivity index (χ4n) is 1.75. The van der Waals surface area contributed by atoms with Crippen LogP contribution in [0.2, 0.25) is 0 Å². The Labute approximate surface area is 154 Å². The number of nitriles is 2. The molecule has 0 radical (unpaired) electrons. The van der Waals surface area contributed by atoms with E-state index in [1.807, 2.05) is 0 Å². The van der Waals surface area contributed by atoms with Crippen molar-refractivity contribution in [1.29, 1.82) is 10.5 Å². The SMILES string of the molecule is N#CC(/N=C/c1ccccc1O)=C(C#N)\N=C\c1ccccc1O.[Ni]. The number of hydrogen-bond acceptors (Lipinski definition) is 6. The van der Waals surface area contributed by atoms with Crippen LogP contribution in [-0.4, -0.2) is 22.6 Å². The molecule has 25 heavy (non-hydrogen) atoms. The van der Waals surface area contributed by atoms with Crippen LogP contribution in [-0.2, 0) is 16.5 Å². The Morgan fingerprint density at radius 3 is 1.44 bits per heavy atom. The van der Waals surface area contributed by atoms with Gasteiger partial charge in [0.1, 0.15) is 23.6 Å². The minimum atomic E-state index is -0.201. The first kappa shape index (κ1) is 19.6. The molecule has 0 aromatic heterocycles. The van der Waals surface area contributed by atoms with E-state index in [4.69, 9.17) is 10.5 Å². The van der Waals surface area contributed by atoms with E-state index in [1.54, 1.807) is 48.5 Å². The molecule has 126 valence electrons. The van der Waals surface area contributed by atoms with E-state index in [1.165, 1.54) is 24.6 Å². The fraction of sp³-hybridized carbons (Fsp3) is 0. The number of benzene rings is 2. The second kappa shape index (κ2) is 9.67. The van der Waals surface area contributed by atoms with Gasteiger partial charge >= 0.3 is 0 Å². The number of rotatable bonds is 4. The predicted octanol–water partition coefficient (Wildman–Crippen LogP) is 2.89. The normalized spacial score (nSPS) is 11.4. The molecule has 2 aromatic carbocycles. The van der Waals surface area contributed by atoms with Crippen LogP contribution in [0.5, 0.6) is 11.5 Å². The minimum Gasteiger partial charge on any atom is -0.507 e. The number of allylic oxidation sites excluding steroid dienone is 2. The van der Waals surface area contributed by atoms with E-state index in [0.717, 1.165) is 0 Å². The Morgan fingerprint density at radius 1 is 0.760 bits per heavy atom. The van der Waals surface area contributed by atoms with E-state index < -0.39 is 0 Å². The van der Waals surface area contributed by atoms with Crippen molar-refractivity contribution >= 4 is 12.4 Å². The average Bonchev–Trinajstić information content (AvgIpc) is 2.60. The first-order valence-electron chi connectivity index (χ1n) is 6.84. The molecule has 2 N–H and O–H groups in total. The summed E-state index contributed by atoms with van der Waals surface area (Å²) in [4.78, 5) is 7.83. The van der Waals surface area contributed by atoms with Crippen LogP contribution in [0.3, 0.4) is 0 Å². The van der Waals surface area contributed by atoms with Gasteiger partial charge < -0.3 is 10.2 Å². The molecule has 2 rings (SSSR count). The van der Waals surface area contributed by atoms with E-state index in [2.05, 4.69) is 9.98 Å². The summed E-state index contributed by atoms with van der Waals surface area (Å²) in [5, 5.41) is 37.7. The number of phenols is 2. The van der Waals surface area contributed by atoms with Crippen LogP contribution in [0.4, 0.5) is 0 Å². The molecule has 0 saturated carbocycles. The second-order valence-corrected chi connectivity index (χ2v) is 4.55. The van der Waals surface area contributed by atoms with Crippen molar-refractivity contribution in [2.75, 3.05) is 0 Å². The third kappa shape index (κ3) is 5.32. The smallest absolute Gasteiger partial charge is 0.176 e. The molecule has 6 nitrogen and oxygen atoms in total. The third-order valence-corrected chi connectivity index (χ3v) is 2.98. The van der Waals surface area contributed by atoms with Crippen LogP contribution in [0.15, 0.2) is 69.9 Å². The maximum atomic E-state index is 9.66. The Morgan fingerprint density at radius 2 is 1.12 bits per heavy atom. The quantitative estimate of drug-likeness (QED) is 0.486. The van der Waals surface area contributed by atoms with Crippen molar-refractivity contribution in [3.8, 4) is 23.6 Å². The van der Waals surface area contributed by atoms with E-state index >= 15 is 0 Å². The van der Waals surface area contributed by atoms with Crippen molar-refractivity contribution in [3.05, 3.63) is 71.1 Å². The Hall–Kier alpha value is -3.41. The van der Waals surface area contributed by atoms with Crippen LogP contribution in [0, 0.1) is 22.7 Å². The van der Waals surface area contributed by atoms with Gasteiger partial charge in [0.2, 0.25) is 0 Å². The zero-order valence-corrected chi connectivity index (χ0v) is 13.8. The molecule has 0 amide bonds. The summed E-state index contributed by atoms with van der Waals surface area (Å²) in [6.07, 6.45) is 2.56. The van der Waals surface area contributed by atoms with Crippen LogP contribution >= 0.6 is 0 Å². The number of nitrogens with zero attached hydrogens (tertiary/aromatic N) is 4. The number of aromatic hydroxyl groups is 2. The maximum absolute atomic E-state index is 9.66. The molecule has 0 aliphatic rings. The number of hydrogen-bond donors (Lipinski definition) is 2. The number of para-hydroxylation sites is 2. The van der Waals surface area contributed by atoms with E-state index in [0.29, 0.717) is 11.1 Å². The summed E-state index contributed by atoms with van der Waals surface area (Å²) in [5.74, 6) is 0.0181. The van der Waals surface area contributed by atoms with Crippen molar-refractivity contribution in [2.45, 2.75) is 0 Å². The summed E-state index contributed by atoms with van der Waals surface area (Å²) in [6, 6.07) is 16.5. The van der Waals surface area contributed by atoms with Crippen molar-refractivity contribution in [1.82, 2.24) is 0 Å². The zero-order chi connectivity index (χ0) is 17.4. The monoisotopic (exact) mass is 374 g/mol. The van der Waals surface area contributed by atoms with E-state index in [-0.39, 0.29) is 39.4 Å². The van der Waals surface area contributed by atoms with Crippen LogP contribution in [0.1, 0.15) is 11.1 Å². The predicted molar refractivity (Wildman–Crippen MR) is 89.7 cm³/mol. The standard InChI is InChI=1S/C18H12N4O2.Ni/c19-9-15(21-11-13-5-1-3-7-17(13)23)16(10-20)22-12-14-6-2-4-8-18(14)24;/h1-8,11-12,23-24H;/b16-15+,21-11+,22-12+;. The number of phenolic OH excluding ortho intramolecular Hbond substituents is 2. The Bertz CT molecular complexity index is 846. The molecular weight excluding hydrogens is 363 g/mol. The van der Waals surface area contributed by atoms with Gasteiger partial charge in [-0.15, -0.1) is 0 Å². The average molecular weight is 375 g/mol. The van der Waals surface area contributed by atoms with Crippen molar-refractivity contribution in [3.63, 3.8) is 0 Å². The number of aliphatic imine (C=N–C) groups is 2. The van der Waals surface area contributed by atoms with Crippen molar-refractivity contribution < 1.29 is 26.7 Å². The maximum Gasteiger partial charge on any atom is 0.176 e. The molecule has 0 aliphatic carbocycles. The fourth-order valence-corrected chi connectivity index (χ4v) is 1.75. The molecular formula is C18H12N4NiO2. The molecule has 0 bridgehead atoms. The largest absolute Gasteiger partial charge is 0.507 e. The molecule has 0 heterocycles. The second-order valence-electron chi connectivity index (χ2n) is 4.55. The van der Waals surface area contributed by atoms with Gasteiger partial charge in [0.05, 0.1) is 0 Å². The Kier molecular flexibility index (Phi) is 7.60. The van der Waals surface area contributed by atoms with Crippen LogP contribution in [0.25, 0.3) is 0 Å². The Balaban J connectivity index is 0.00000312. The molecule has 2 aromatic rings. The summed E-state index contributed by atoms with van der Waals surface area (Å²) in [6.45, 7) is 0. The van der Waals surface area contributed by atoms with Gasteiger partial charge in [-0.2, -0.15) is 10.5 Å². The molecule has 0 saturated heterocycles. The molecule has 0 unspecified atom stereocenters. The zero-order valence-electron chi connectivity index (χ0n) is 12.8. The van der Waals surface area contributed by atoms with Gasteiger partial charge in [0.25, 0.3) is 0 Å². The first-order chi connectivity index (χ1) is 11.7. The van der Waals surface area contributed by atoms with Gasteiger partial charge in [-0.1, -0.05) is 24.3 Å². The van der Waals surface area contributed by atoms with Gasteiger partial charge in [-0.25, -0.2) is 9.98 Å². The topological polar surface area (TPSA) is 113 Å². The third-order valence-electron chi connectivity index (χ3n) is 2.98. The van der Waals surface area contributed by atoms with Crippen LogP contribution < -0.4 is 0 Å². The summed E-state index contributed by atoms with van der Waals surface area (Å²) >= 11 is 0. The van der Waals surface area contributed by atoms with Gasteiger partial charge in [0, 0.05) is 40.0 Å². The van der Waals surface area contributed by atoms with Crippen molar-refractivity contribution in [2.24, 2.45) is 9.98 Å².